The van der Waals surface area contributed by atoms with E-state index in [0.717, 1.165) is 0 Å². The van der Waals surface area contributed by atoms with Crippen molar-refractivity contribution >= 4 is 0 Å². The van der Waals surface area contributed by atoms with Crippen LogP contribution in [0.2, 0.25) is 0 Å². The van der Waals surface area contributed by atoms with E-state index in [0.29, 0.717) is 5.92 Å². The molecule has 0 unspecified atom stereocenters. The SMILES string of the molecule is CC(C)c1cc(C(c2ccccc2)c2ccccc2)cc(C(c2ccccc2)c2ccccc2)c1. The van der Waals surface area contributed by atoms with Crippen molar-refractivity contribution in [3.8, 4) is 0 Å². The predicted octanol–water partition coefficient (Wildman–Crippen LogP) is 9.17. The van der Waals surface area contributed by atoms with E-state index in [-0.39, 0.29) is 11.8 Å². The van der Waals surface area contributed by atoms with Gasteiger partial charge < -0.3 is 0 Å². The molecule has 0 N–H and O–H groups in total. The van der Waals surface area contributed by atoms with E-state index < -0.39 is 0 Å². The first-order valence-corrected chi connectivity index (χ1v) is 12.6. The molecule has 172 valence electrons. The van der Waals surface area contributed by atoms with Crippen LogP contribution >= 0.6 is 0 Å². The van der Waals surface area contributed by atoms with Crippen LogP contribution < -0.4 is 0 Å². The van der Waals surface area contributed by atoms with Gasteiger partial charge in [0.05, 0.1) is 0 Å². The standard InChI is InChI=1S/C35H32/c1-26(2)31-23-32(34(27-15-7-3-8-16-27)28-17-9-4-10-18-28)25-33(24-31)35(29-19-11-5-12-20-29)30-21-13-6-14-22-30/h3-26,34-35H,1-2H3. The molecule has 0 spiro atoms. The molecule has 0 heterocycles. The Hall–Kier alpha value is -3.90. The molecule has 0 saturated carbocycles. The van der Waals surface area contributed by atoms with Gasteiger partial charge in [-0.25, -0.2) is 0 Å². The number of benzene rings is 5. The molecule has 0 radical (unpaired) electrons. The van der Waals surface area contributed by atoms with Crippen LogP contribution in [0.1, 0.15) is 70.5 Å². The molecule has 0 bridgehead atoms. The number of hydrogen-bond donors (Lipinski definition) is 0. The van der Waals surface area contributed by atoms with Gasteiger partial charge in [-0.3, -0.25) is 0 Å². The van der Waals surface area contributed by atoms with Crippen LogP contribution in [-0.2, 0) is 0 Å². The van der Waals surface area contributed by atoms with Gasteiger partial charge in [-0.15, -0.1) is 0 Å². The van der Waals surface area contributed by atoms with Gasteiger partial charge in [-0.2, -0.15) is 0 Å². The summed E-state index contributed by atoms with van der Waals surface area (Å²) >= 11 is 0. The number of hydrogen-bond acceptors (Lipinski definition) is 0. The highest BCUT2D eigenvalue weighted by Crippen LogP contribution is 2.39. The summed E-state index contributed by atoms with van der Waals surface area (Å²) in [6.45, 7) is 4.59. The van der Waals surface area contributed by atoms with E-state index in [4.69, 9.17) is 0 Å². The van der Waals surface area contributed by atoms with E-state index in [1.807, 2.05) is 0 Å². The fourth-order valence-electron chi connectivity index (χ4n) is 5.11. The van der Waals surface area contributed by atoms with Gasteiger partial charge in [0, 0.05) is 11.8 Å². The molecule has 0 nitrogen and oxygen atoms in total. The van der Waals surface area contributed by atoms with Gasteiger partial charge in [0.15, 0.2) is 0 Å². The average molecular weight is 453 g/mol. The lowest BCUT2D eigenvalue weighted by Gasteiger charge is -2.25. The van der Waals surface area contributed by atoms with E-state index in [1.165, 1.54) is 38.9 Å². The van der Waals surface area contributed by atoms with E-state index in [1.54, 1.807) is 0 Å². The van der Waals surface area contributed by atoms with E-state index in [2.05, 4.69) is 153 Å². The summed E-state index contributed by atoms with van der Waals surface area (Å²) in [5.74, 6) is 0.803. The van der Waals surface area contributed by atoms with Crippen LogP contribution in [0.3, 0.4) is 0 Å². The Morgan fingerprint density at radius 3 is 0.829 bits per heavy atom. The molecule has 0 amide bonds. The molecule has 0 fully saturated rings. The summed E-state index contributed by atoms with van der Waals surface area (Å²) in [5.41, 5.74) is 9.36. The zero-order valence-corrected chi connectivity index (χ0v) is 20.5. The van der Waals surface area contributed by atoms with Gasteiger partial charge in [0.25, 0.3) is 0 Å². The second kappa shape index (κ2) is 10.6. The first-order chi connectivity index (χ1) is 17.2. The van der Waals surface area contributed by atoms with Crippen LogP contribution in [-0.4, -0.2) is 0 Å². The van der Waals surface area contributed by atoms with Crippen LogP contribution in [0, 0.1) is 0 Å². The lowest BCUT2D eigenvalue weighted by atomic mass is 9.79. The molecule has 0 heteroatoms. The third kappa shape index (κ3) is 5.12. The monoisotopic (exact) mass is 452 g/mol. The molecule has 5 aromatic carbocycles. The second-order valence-electron chi connectivity index (χ2n) is 9.60. The normalized spacial score (nSPS) is 11.3. The topological polar surface area (TPSA) is 0 Å². The Bertz CT molecular complexity index is 1160. The Morgan fingerprint density at radius 2 is 0.571 bits per heavy atom. The summed E-state index contributed by atoms with van der Waals surface area (Å²) in [6.07, 6.45) is 0. The Labute approximate surface area is 209 Å². The lowest BCUT2D eigenvalue weighted by molar-refractivity contribution is 0.845. The molecule has 0 aliphatic heterocycles. The summed E-state index contributed by atoms with van der Waals surface area (Å²) in [4.78, 5) is 0. The van der Waals surface area contributed by atoms with Crippen LogP contribution in [0.15, 0.2) is 140 Å². The summed E-state index contributed by atoms with van der Waals surface area (Å²) in [5, 5.41) is 0. The van der Waals surface area contributed by atoms with Crippen molar-refractivity contribution in [2.45, 2.75) is 31.6 Å². The molecule has 0 saturated heterocycles. The Balaban J connectivity index is 1.74. The average Bonchev–Trinajstić information content (AvgIpc) is 2.91. The fraction of sp³-hybridized carbons (Fsp3) is 0.143. The largest absolute Gasteiger partial charge is 0.0622 e. The first-order valence-electron chi connectivity index (χ1n) is 12.6. The number of rotatable bonds is 7. The minimum Gasteiger partial charge on any atom is -0.0622 e. The van der Waals surface area contributed by atoms with Gasteiger partial charge in [-0.1, -0.05) is 153 Å². The van der Waals surface area contributed by atoms with Crippen LogP contribution in [0.4, 0.5) is 0 Å². The summed E-state index contributed by atoms with van der Waals surface area (Å²) in [7, 11) is 0. The van der Waals surface area contributed by atoms with Crippen molar-refractivity contribution in [2.24, 2.45) is 0 Å². The molecule has 0 aromatic heterocycles. The predicted molar refractivity (Wildman–Crippen MR) is 148 cm³/mol. The maximum absolute atomic E-state index is 2.45. The van der Waals surface area contributed by atoms with Gasteiger partial charge in [0.2, 0.25) is 0 Å². The summed E-state index contributed by atoms with van der Waals surface area (Å²) < 4.78 is 0. The maximum Gasteiger partial charge on any atom is 0.0340 e. The fourth-order valence-corrected chi connectivity index (χ4v) is 5.11. The highest BCUT2D eigenvalue weighted by Gasteiger charge is 2.22. The molecular formula is C35H32. The highest BCUT2D eigenvalue weighted by molar-refractivity contribution is 5.51. The minimum atomic E-state index is 0.182. The second-order valence-corrected chi connectivity index (χ2v) is 9.60. The minimum absolute atomic E-state index is 0.182. The Kier molecular flexibility index (Phi) is 6.91. The zero-order chi connectivity index (χ0) is 24.0. The van der Waals surface area contributed by atoms with Gasteiger partial charge in [-0.05, 0) is 44.9 Å². The third-order valence-corrected chi connectivity index (χ3v) is 6.86. The van der Waals surface area contributed by atoms with Gasteiger partial charge in [0.1, 0.15) is 0 Å². The van der Waals surface area contributed by atoms with Crippen LogP contribution in [0.5, 0.6) is 0 Å². The van der Waals surface area contributed by atoms with Crippen molar-refractivity contribution in [2.75, 3.05) is 0 Å². The lowest BCUT2D eigenvalue weighted by Crippen LogP contribution is -2.09. The molecule has 0 aliphatic rings. The quantitative estimate of drug-likeness (QED) is 0.216. The molecule has 0 aliphatic carbocycles. The molecule has 0 atom stereocenters. The van der Waals surface area contributed by atoms with Crippen molar-refractivity contribution in [1.29, 1.82) is 0 Å². The van der Waals surface area contributed by atoms with Crippen molar-refractivity contribution in [3.63, 3.8) is 0 Å². The zero-order valence-electron chi connectivity index (χ0n) is 20.5. The third-order valence-electron chi connectivity index (χ3n) is 6.86. The van der Waals surface area contributed by atoms with Crippen LogP contribution in [0.25, 0.3) is 0 Å². The van der Waals surface area contributed by atoms with Crippen molar-refractivity contribution < 1.29 is 0 Å². The first kappa shape index (κ1) is 22.9. The molecule has 35 heavy (non-hydrogen) atoms. The Morgan fingerprint density at radius 1 is 0.314 bits per heavy atom. The summed E-state index contributed by atoms with van der Waals surface area (Å²) in [6, 6.07) is 50.9. The van der Waals surface area contributed by atoms with Crippen molar-refractivity contribution in [1.82, 2.24) is 0 Å². The molecule has 5 aromatic rings. The van der Waals surface area contributed by atoms with Gasteiger partial charge >= 0.3 is 0 Å². The maximum atomic E-state index is 2.45. The van der Waals surface area contributed by atoms with E-state index in [9.17, 15) is 0 Å². The van der Waals surface area contributed by atoms with E-state index >= 15 is 0 Å². The molecular weight excluding hydrogens is 420 g/mol. The smallest absolute Gasteiger partial charge is 0.0340 e. The molecule has 5 rings (SSSR count). The highest BCUT2D eigenvalue weighted by atomic mass is 14.3. The van der Waals surface area contributed by atoms with Crippen molar-refractivity contribution in [3.05, 3.63) is 178 Å².